The lowest BCUT2D eigenvalue weighted by molar-refractivity contribution is -0.138. The average Bonchev–Trinajstić information content (AvgIpc) is 2.94. The summed E-state index contributed by atoms with van der Waals surface area (Å²) >= 11 is 0. The number of carbonyl (C=O) groups is 1. The highest BCUT2D eigenvalue weighted by atomic mass is 16.4. The van der Waals surface area contributed by atoms with E-state index in [9.17, 15) is 4.79 Å². The highest BCUT2D eigenvalue weighted by Gasteiger charge is 2.44. The number of hydrogen-bond donors (Lipinski definition) is 1. The number of aromatic nitrogens is 1. The minimum absolute atomic E-state index is 0.146. The van der Waals surface area contributed by atoms with Crippen LogP contribution in [0.25, 0.3) is 11.1 Å². The Morgan fingerprint density at radius 3 is 3.06 bits per heavy atom. The molecule has 0 saturated heterocycles. The number of aliphatic carboxylic acids is 1. The zero-order valence-corrected chi connectivity index (χ0v) is 8.80. The second-order valence-corrected chi connectivity index (χ2v) is 4.25. The summed E-state index contributed by atoms with van der Waals surface area (Å²) in [6, 6.07) is 5.74. The van der Waals surface area contributed by atoms with Gasteiger partial charge in [0.1, 0.15) is 5.52 Å². The topological polar surface area (TPSA) is 63.3 Å². The molecule has 0 bridgehead atoms. The van der Waals surface area contributed by atoms with Crippen molar-refractivity contribution in [3.05, 3.63) is 29.7 Å². The zero-order valence-electron chi connectivity index (χ0n) is 8.80. The predicted octanol–water partition coefficient (Wildman–Crippen LogP) is 2.32. The van der Waals surface area contributed by atoms with Crippen molar-refractivity contribution < 1.29 is 14.3 Å². The van der Waals surface area contributed by atoms with E-state index in [-0.39, 0.29) is 11.8 Å². The monoisotopic (exact) mass is 217 g/mol. The van der Waals surface area contributed by atoms with Crippen molar-refractivity contribution >= 4 is 17.1 Å². The molecule has 16 heavy (non-hydrogen) atoms. The standard InChI is InChI=1S/C12H11NO3/c1-6-13-10-3-2-7(4-11(10)16-6)8-5-9(8)12(14)15/h2-4,8-9H,5H2,1H3,(H,14,15). The lowest BCUT2D eigenvalue weighted by Crippen LogP contribution is -1.98. The molecule has 2 atom stereocenters. The van der Waals surface area contributed by atoms with E-state index in [1.165, 1.54) is 0 Å². The van der Waals surface area contributed by atoms with Crippen molar-refractivity contribution in [2.45, 2.75) is 19.3 Å². The first kappa shape index (κ1) is 9.39. The van der Waals surface area contributed by atoms with Crippen LogP contribution in [0.1, 0.15) is 23.8 Å². The molecule has 0 aliphatic heterocycles. The second kappa shape index (κ2) is 3.07. The smallest absolute Gasteiger partial charge is 0.307 e. The molecule has 3 rings (SSSR count). The Balaban J connectivity index is 1.97. The van der Waals surface area contributed by atoms with Crippen LogP contribution in [0.2, 0.25) is 0 Å². The normalized spacial score (nSPS) is 23.6. The van der Waals surface area contributed by atoms with Gasteiger partial charge in [0.25, 0.3) is 0 Å². The molecule has 1 aliphatic rings. The highest BCUT2D eigenvalue weighted by molar-refractivity contribution is 5.77. The first-order chi connectivity index (χ1) is 7.65. The van der Waals surface area contributed by atoms with Crippen LogP contribution < -0.4 is 0 Å². The van der Waals surface area contributed by atoms with Crippen molar-refractivity contribution in [3.63, 3.8) is 0 Å². The molecule has 2 aromatic rings. The SMILES string of the molecule is Cc1nc2ccc(C3CC3C(=O)O)cc2o1. The summed E-state index contributed by atoms with van der Waals surface area (Å²) in [5.41, 5.74) is 2.61. The van der Waals surface area contributed by atoms with Crippen molar-refractivity contribution in [1.29, 1.82) is 0 Å². The van der Waals surface area contributed by atoms with Gasteiger partial charge in [-0.2, -0.15) is 0 Å². The molecule has 2 unspecified atom stereocenters. The van der Waals surface area contributed by atoms with Crippen LogP contribution in [0.15, 0.2) is 22.6 Å². The van der Waals surface area contributed by atoms with E-state index in [0.29, 0.717) is 5.89 Å². The van der Waals surface area contributed by atoms with Gasteiger partial charge in [0, 0.05) is 6.92 Å². The van der Waals surface area contributed by atoms with Gasteiger partial charge in [0.15, 0.2) is 11.5 Å². The van der Waals surface area contributed by atoms with Crippen molar-refractivity contribution in [1.82, 2.24) is 4.98 Å². The summed E-state index contributed by atoms with van der Waals surface area (Å²) in [5, 5.41) is 8.87. The maximum absolute atomic E-state index is 10.8. The molecule has 0 amide bonds. The van der Waals surface area contributed by atoms with Crippen molar-refractivity contribution in [2.75, 3.05) is 0 Å². The van der Waals surface area contributed by atoms with Crippen LogP contribution in [-0.2, 0) is 4.79 Å². The third-order valence-electron chi connectivity index (χ3n) is 3.06. The molecule has 1 saturated carbocycles. The average molecular weight is 217 g/mol. The van der Waals surface area contributed by atoms with Gasteiger partial charge in [-0.15, -0.1) is 0 Å². The van der Waals surface area contributed by atoms with Gasteiger partial charge < -0.3 is 9.52 Å². The summed E-state index contributed by atoms with van der Waals surface area (Å²) in [4.78, 5) is 15.0. The Morgan fingerprint density at radius 2 is 2.38 bits per heavy atom. The number of rotatable bonds is 2. The third kappa shape index (κ3) is 1.38. The number of benzene rings is 1. The number of hydrogen-bond acceptors (Lipinski definition) is 3. The van der Waals surface area contributed by atoms with E-state index < -0.39 is 5.97 Å². The van der Waals surface area contributed by atoms with Crippen molar-refractivity contribution in [3.8, 4) is 0 Å². The van der Waals surface area contributed by atoms with Crippen LogP contribution in [0.5, 0.6) is 0 Å². The zero-order chi connectivity index (χ0) is 11.3. The fourth-order valence-electron chi connectivity index (χ4n) is 2.12. The van der Waals surface area contributed by atoms with Crippen LogP contribution in [-0.4, -0.2) is 16.1 Å². The van der Waals surface area contributed by atoms with Gasteiger partial charge in [-0.05, 0) is 30.0 Å². The fraction of sp³-hybridized carbons (Fsp3) is 0.333. The van der Waals surface area contributed by atoms with Gasteiger partial charge >= 0.3 is 5.97 Å². The fourth-order valence-corrected chi connectivity index (χ4v) is 2.12. The molecular formula is C12H11NO3. The number of carboxylic acid groups (broad SMARTS) is 1. The van der Waals surface area contributed by atoms with Gasteiger partial charge in [0.2, 0.25) is 0 Å². The van der Waals surface area contributed by atoms with E-state index >= 15 is 0 Å². The summed E-state index contributed by atoms with van der Waals surface area (Å²) in [6.07, 6.45) is 0.730. The van der Waals surface area contributed by atoms with Crippen molar-refractivity contribution in [2.24, 2.45) is 5.92 Å². The van der Waals surface area contributed by atoms with E-state index in [1.807, 2.05) is 18.2 Å². The molecule has 1 fully saturated rings. The quantitative estimate of drug-likeness (QED) is 0.838. The summed E-state index contributed by atoms with van der Waals surface area (Å²) in [7, 11) is 0. The molecule has 1 heterocycles. The first-order valence-corrected chi connectivity index (χ1v) is 5.25. The van der Waals surface area contributed by atoms with Gasteiger partial charge in [-0.1, -0.05) is 6.07 Å². The molecule has 1 N–H and O–H groups in total. The van der Waals surface area contributed by atoms with Crippen LogP contribution in [0, 0.1) is 12.8 Å². The molecule has 1 aromatic heterocycles. The Morgan fingerprint density at radius 1 is 1.56 bits per heavy atom. The summed E-state index contributed by atoms with van der Waals surface area (Å²) in [5.74, 6) is -0.148. The van der Waals surface area contributed by atoms with E-state index in [2.05, 4.69) is 4.98 Å². The largest absolute Gasteiger partial charge is 0.481 e. The van der Waals surface area contributed by atoms with Crippen LogP contribution >= 0.6 is 0 Å². The first-order valence-electron chi connectivity index (χ1n) is 5.25. The van der Waals surface area contributed by atoms with Crippen LogP contribution in [0.4, 0.5) is 0 Å². The van der Waals surface area contributed by atoms with Crippen LogP contribution in [0.3, 0.4) is 0 Å². The Kier molecular flexibility index (Phi) is 1.80. The van der Waals surface area contributed by atoms with Gasteiger partial charge in [-0.25, -0.2) is 4.98 Å². The predicted molar refractivity (Wildman–Crippen MR) is 57.2 cm³/mol. The molecule has 1 aliphatic carbocycles. The van der Waals surface area contributed by atoms with Gasteiger partial charge in [0.05, 0.1) is 5.92 Å². The highest BCUT2D eigenvalue weighted by Crippen LogP contribution is 2.47. The molecule has 4 heteroatoms. The maximum atomic E-state index is 10.8. The Bertz CT molecular complexity index is 573. The minimum atomic E-state index is -0.709. The van der Waals surface area contributed by atoms with Gasteiger partial charge in [-0.3, -0.25) is 4.79 Å². The molecule has 1 aromatic carbocycles. The maximum Gasteiger partial charge on any atom is 0.307 e. The molecule has 4 nitrogen and oxygen atoms in total. The summed E-state index contributed by atoms with van der Waals surface area (Å²) < 4.78 is 5.42. The molecular weight excluding hydrogens is 206 g/mol. The van der Waals surface area contributed by atoms with E-state index in [1.54, 1.807) is 6.92 Å². The summed E-state index contributed by atoms with van der Waals surface area (Å²) in [6.45, 7) is 1.80. The van der Waals surface area contributed by atoms with E-state index in [0.717, 1.165) is 23.1 Å². The minimum Gasteiger partial charge on any atom is -0.481 e. The number of oxazole rings is 1. The number of fused-ring (bicyclic) bond motifs is 1. The molecule has 0 spiro atoms. The number of nitrogens with zero attached hydrogens (tertiary/aromatic N) is 1. The Hall–Kier alpha value is -1.84. The second-order valence-electron chi connectivity index (χ2n) is 4.25. The third-order valence-corrected chi connectivity index (χ3v) is 3.06. The molecule has 0 radical (unpaired) electrons. The Labute approximate surface area is 91.9 Å². The number of carboxylic acids is 1. The number of aryl methyl sites for hydroxylation is 1. The lowest BCUT2D eigenvalue weighted by Gasteiger charge is -1.97. The lowest BCUT2D eigenvalue weighted by atomic mass is 10.1. The molecule has 82 valence electrons. The van der Waals surface area contributed by atoms with E-state index in [4.69, 9.17) is 9.52 Å².